The highest BCUT2D eigenvalue weighted by Gasteiger charge is 2.11. The zero-order valence-electron chi connectivity index (χ0n) is 10.7. The molecule has 0 aliphatic heterocycles. The Morgan fingerprint density at radius 2 is 2.00 bits per heavy atom. The van der Waals surface area contributed by atoms with Crippen molar-refractivity contribution < 1.29 is 9.13 Å². The zero-order valence-corrected chi connectivity index (χ0v) is 10.7. The maximum Gasteiger partial charge on any atom is 0.260 e. The van der Waals surface area contributed by atoms with Crippen LogP contribution in [0.1, 0.15) is 0 Å². The van der Waals surface area contributed by atoms with Gasteiger partial charge in [0.1, 0.15) is 5.52 Å². The van der Waals surface area contributed by atoms with Crippen molar-refractivity contribution in [2.75, 3.05) is 12.4 Å². The van der Waals surface area contributed by atoms with E-state index in [0.717, 1.165) is 11.6 Å². The van der Waals surface area contributed by atoms with Crippen LogP contribution < -0.4 is 10.1 Å². The monoisotopic (exact) mass is 270 g/mol. The molecule has 1 N–H and O–H groups in total. The molecular formula is C14H11FN4O. The second-order valence-electron chi connectivity index (χ2n) is 4.03. The van der Waals surface area contributed by atoms with E-state index in [1.807, 2.05) is 24.3 Å². The lowest BCUT2D eigenvalue weighted by Crippen LogP contribution is -2.00. The van der Waals surface area contributed by atoms with Gasteiger partial charge in [-0.1, -0.05) is 18.2 Å². The number of rotatable bonds is 3. The van der Waals surface area contributed by atoms with Crippen molar-refractivity contribution in [3.63, 3.8) is 0 Å². The number of halogens is 1. The molecule has 2 aromatic heterocycles. The number of nitrogens with one attached hydrogen (secondary N) is 1. The lowest BCUT2D eigenvalue weighted by molar-refractivity contribution is 0.424. The number of anilines is 1. The summed E-state index contributed by atoms with van der Waals surface area (Å²) in [6, 6.07) is 9.18. The van der Waals surface area contributed by atoms with Gasteiger partial charge in [0.05, 0.1) is 6.20 Å². The quantitative estimate of drug-likeness (QED) is 0.792. The predicted octanol–water partition coefficient (Wildman–Crippen LogP) is 3.00. The summed E-state index contributed by atoms with van der Waals surface area (Å²) in [6.07, 6.45) is 2.72. The molecule has 20 heavy (non-hydrogen) atoms. The molecule has 0 saturated carbocycles. The van der Waals surface area contributed by atoms with Crippen LogP contribution in [0.5, 0.6) is 11.6 Å². The molecule has 0 aliphatic rings. The highest BCUT2D eigenvalue weighted by Crippen LogP contribution is 2.28. The van der Waals surface area contributed by atoms with Gasteiger partial charge in [0.2, 0.25) is 11.8 Å². The minimum absolute atomic E-state index is 0.137. The predicted molar refractivity (Wildman–Crippen MR) is 73.4 cm³/mol. The highest BCUT2D eigenvalue weighted by molar-refractivity contribution is 5.84. The highest BCUT2D eigenvalue weighted by atomic mass is 19.1. The van der Waals surface area contributed by atoms with Crippen LogP contribution in [0.3, 0.4) is 0 Å². The number of pyridine rings is 1. The molecule has 2 heterocycles. The SMILES string of the molecule is CNc1ncc(F)c(Oc2cccc3cccnc23)n1. The lowest BCUT2D eigenvalue weighted by Gasteiger charge is -2.08. The third kappa shape index (κ3) is 2.23. The number of ether oxygens (including phenoxy) is 1. The first kappa shape index (κ1) is 12.3. The van der Waals surface area contributed by atoms with E-state index in [2.05, 4.69) is 20.3 Å². The number of hydrogen-bond acceptors (Lipinski definition) is 5. The van der Waals surface area contributed by atoms with Crippen molar-refractivity contribution in [2.45, 2.75) is 0 Å². The van der Waals surface area contributed by atoms with Crippen molar-refractivity contribution in [1.29, 1.82) is 0 Å². The van der Waals surface area contributed by atoms with Crippen LogP contribution >= 0.6 is 0 Å². The van der Waals surface area contributed by atoms with Gasteiger partial charge in [-0.15, -0.1) is 0 Å². The van der Waals surface area contributed by atoms with Crippen molar-refractivity contribution in [1.82, 2.24) is 15.0 Å². The summed E-state index contributed by atoms with van der Waals surface area (Å²) in [5.74, 6) is -0.0308. The van der Waals surface area contributed by atoms with Crippen molar-refractivity contribution in [3.05, 3.63) is 48.5 Å². The van der Waals surface area contributed by atoms with Crippen LogP contribution in [0.25, 0.3) is 10.9 Å². The van der Waals surface area contributed by atoms with Crippen LogP contribution in [0.4, 0.5) is 10.3 Å². The molecule has 0 amide bonds. The molecular weight excluding hydrogens is 259 g/mol. The molecule has 5 nitrogen and oxygen atoms in total. The number of benzene rings is 1. The van der Waals surface area contributed by atoms with Gasteiger partial charge < -0.3 is 10.1 Å². The maximum atomic E-state index is 13.7. The molecule has 1 aromatic carbocycles. The normalized spacial score (nSPS) is 10.5. The first-order valence-corrected chi connectivity index (χ1v) is 6.00. The summed E-state index contributed by atoms with van der Waals surface area (Å²) in [5.41, 5.74) is 0.652. The van der Waals surface area contributed by atoms with E-state index < -0.39 is 5.82 Å². The summed E-state index contributed by atoms with van der Waals surface area (Å²) in [4.78, 5) is 12.0. The standard InChI is InChI=1S/C14H11FN4O/c1-16-14-18-8-10(15)13(19-14)20-11-6-2-4-9-5-3-7-17-12(9)11/h2-8H,1H3,(H,16,18,19). The molecule has 6 heteroatoms. The molecule has 3 aromatic rings. The minimum Gasteiger partial charge on any atom is -0.434 e. The van der Waals surface area contributed by atoms with Gasteiger partial charge >= 0.3 is 0 Å². The minimum atomic E-state index is -0.628. The maximum absolute atomic E-state index is 13.7. The molecule has 0 aliphatic carbocycles. The average Bonchev–Trinajstić information content (AvgIpc) is 2.50. The number of hydrogen-bond donors (Lipinski definition) is 1. The number of nitrogens with zero attached hydrogens (tertiary/aromatic N) is 3. The molecule has 0 unspecified atom stereocenters. The van der Waals surface area contributed by atoms with Gasteiger partial charge in [-0.05, 0) is 12.1 Å². The average molecular weight is 270 g/mol. The summed E-state index contributed by atoms with van der Waals surface area (Å²) < 4.78 is 19.2. The Kier molecular flexibility index (Phi) is 3.12. The van der Waals surface area contributed by atoms with Crippen LogP contribution in [0, 0.1) is 5.82 Å². The first-order chi connectivity index (χ1) is 9.78. The van der Waals surface area contributed by atoms with Crippen molar-refractivity contribution >= 4 is 16.9 Å². The van der Waals surface area contributed by atoms with Gasteiger partial charge in [0.25, 0.3) is 5.88 Å². The molecule has 0 saturated heterocycles. The lowest BCUT2D eigenvalue weighted by atomic mass is 10.2. The van der Waals surface area contributed by atoms with E-state index in [9.17, 15) is 4.39 Å². The largest absolute Gasteiger partial charge is 0.434 e. The second kappa shape index (κ2) is 5.08. The van der Waals surface area contributed by atoms with Gasteiger partial charge in [-0.3, -0.25) is 4.98 Å². The number of aromatic nitrogens is 3. The van der Waals surface area contributed by atoms with Crippen molar-refractivity contribution in [3.8, 4) is 11.6 Å². The van der Waals surface area contributed by atoms with E-state index in [1.54, 1.807) is 19.3 Å². The Bertz CT molecular complexity index is 758. The van der Waals surface area contributed by atoms with E-state index in [4.69, 9.17) is 4.74 Å². The van der Waals surface area contributed by atoms with Crippen LogP contribution in [-0.4, -0.2) is 22.0 Å². The zero-order chi connectivity index (χ0) is 13.9. The Morgan fingerprint density at radius 3 is 2.85 bits per heavy atom. The van der Waals surface area contributed by atoms with Crippen LogP contribution in [-0.2, 0) is 0 Å². The molecule has 0 bridgehead atoms. The summed E-state index contributed by atoms with van der Waals surface area (Å²) in [6.45, 7) is 0. The van der Waals surface area contributed by atoms with Gasteiger partial charge in [-0.25, -0.2) is 4.98 Å². The Morgan fingerprint density at radius 1 is 1.15 bits per heavy atom. The fraction of sp³-hybridized carbons (Fsp3) is 0.0714. The third-order valence-corrected chi connectivity index (χ3v) is 2.74. The summed E-state index contributed by atoms with van der Waals surface area (Å²) in [7, 11) is 1.65. The fourth-order valence-electron chi connectivity index (χ4n) is 1.81. The van der Waals surface area contributed by atoms with E-state index >= 15 is 0 Å². The molecule has 0 spiro atoms. The topological polar surface area (TPSA) is 59.9 Å². The Balaban J connectivity index is 2.05. The molecule has 3 rings (SSSR count). The smallest absolute Gasteiger partial charge is 0.260 e. The van der Waals surface area contributed by atoms with Gasteiger partial charge in [0, 0.05) is 18.6 Å². The Hall–Kier alpha value is -2.76. The number of para-hydroxylation sites is 1. The first-order valence-electron chi connectivity index (χ1n) is 6.00. The van der Waals surface area contributed by atoms with Crippen LogP contribution in [0.2, 0.25) is 0 Å². The number of fused-ring (bicyclic) bond motifs is 1. The molecule has 0 radical (unpaired) electrons. The van der Waals surface area contributed by atoms with Crippen molar-refractivity contribution in [2.24, 2.45) is 0 Å². The fourth-order valence-corrected chi connectivity index (χ4v) is 1.81. The molecule has 0 fully saturated rings. The van der Waals surface area contributed by atoms with E-state index in [1.165, 1.54) is 0 Å². The van der Waals surface area contributed by atoms with Gasteiger partial charge in [0.15, 0.2) is 5.75 Å². The molecule has 0 atom stereocenters. The van der Waals surface area contributed by atoms with E-state index in [-0.39, 0.29) is 11.8 Å². The summed E-state index contributed by atoms with van der Waals surface area (Å²) >= 11 is 0. The van der Waals surface area contributed by atoms with E-state index in [0.29, 0.717) is 11.3 Å². The van der Waals surface area contributed by atoms with Gasteiger partial charge in [-0.2, -0.15) is 9.37 Å². The Labute approximate surface area is 114 Å². The van der Waals surface area contributed by atoms with Crippen LogP contribution in [0.15, 0.2) is 42.7 Å². The second-order valence-corrected chi connectivity index (χ2v) is 4.03. The summed E-state index contributed by atoms with van der Waals surface area (Å²) in [5, 5.41) is 3.64. The molecule has 100 valence electrons. The third-order valence-electron chi connectivity index (χ3n) is 2.74.